The maximum atomic E-state index is 13.2. The normalized spacial score (nSPS) is 11.5. The van der Waals surface area contributed by atoms with E-state index in [0.717, 1.165) is 27.6 Å². The third-order valence-electron chi connectivity index (χ3n) is 3.79. The molecule has 0 aliphatic heterocycles. The first-order valence-electron chi connectivity index (χ1n) is 9.74. The van der Waals surface area contributed by atoms with Crippen molar-refractivity contribution in [2.45, 2.75) is 69.6 Å². The molecule has 0 saturated heterocycles. The van der Waals surface area contributed by atoms with Crippen LogP contribution in [0.5, 0.6) is 0 Å². The molecule has 0 spiro atoms. The van der Waals surface area contributed by atoms with E-state index in [4.69, 9.17) is 9.47 Å². The lowest BCUT2D eigenvalue weighted by atomic mass is 10.2. The smallest absolute Gasteiger partial charge is 0.407 e. The van der Waals surface area contributed by atoms with Crippen molar-refractivity contribution < 1.29 is 18.7 Å². The van der Waals surface area contributed by atoms with Gasteiger partial charge in [0.15, 0.2) is 0 Å². The van der Waals surface area contributed by atoms with Crippen LogP contribution >= 0.6 is 11.8 Å². The van der Waals surface area contributed by atoms with Crippen LogP contribution in [0.4, 0.5) is 9.18 Å². The van der Waals surface area contributed by atoms with E-state index >= 15 is 0 Å². The zero-order valence-electron chi connectivity index (χ0n) is 17.8. The largest absolute Gasteiger partial charge is 0.444 e. The molecule has 0 aliphatic rings. The van der Waals surface area contributed by atoms with Gasteiger partial charge in [0.2, 0.25) is 0 Å². The lowest BCUT2D eigenvalue weighted by Crippen LogP contribution is -2.34. The average Bonchev–Trinajstić information content (AvgIpc) is 2.91. The second-order valence-electron chi connectivity index (χ2n) is 7.62. The van der Waals surface area contributed by atoms with Gasteiger partial charge in [-0.25, -0.2) is 9.18 Å². The molecule has 1 aromatic heterocycles. The van der Waals surface area contributed by atoms with Gasteiger partial charge in [-0.15, -0.1) is 0 Å². The highest BCUT2D eigenvalue weighted by atomic mass is 32.2. The Morgan fingerprint density at radius 3 is 2.59 bits per heavy atom. The van der Waals surface area contributed by atoms with Crippen molar-refractivity contribution in [1.29, 1.82) is 0 Å². The van der Waals surface area contributed by atoms with Crippen molar-refractivity contribution in [2.75, 3.05) is 13.2 Å². The minimum atomic E-state index is -0.537. The SMILES string of the molecule is CCCOCc1c(Sc2ccc(F)cc2)c(C)nn1CCNC(=O)OC(C)(C)C. The summed E-state index contributed by atoms with van der Waals surface area (Å²) in [5.74, 6) is -0.263. The van der Waals surface area contributed by atoms with Gasteiger partial charge in [-0.3, -0.25) is 4.68 Å². The second-order valence-corrected chi connectivity index (χ2v) is 8.71. The Morgan fingerprint density at radius 2 is 1.97 bits per heavy atom. The molecule has 0 fully saturated rings. The third-order valence-corrected chi connectivity index (χ3v) is 5.03. The Bertz CT molecular complexity index is 801. The maximum absolute atomic E-state index is 13.2. The van der Waals surface area contributed by atoms with Crippen molar-refractivity contribution in [3.8, 4) is 0 Å². The fourth-order valence-electron chi connectivity index (χ4n) is 2.58. The highest BCUT2D eigenvalue weighted by Crippen LogP contribution is 2.33. The summed E-state index contributed by atoms with van der Waals surface area (Å²) < 4.78 is 26.1. The molecule has 0 aliphatic carbocycles. The van der Waals surface area contributed by atoms with Crippen molar-refractivity contribution in [3.63, 3.8) is 0 Å². The van der Waals surface area contributed by atoms with Gasteiger partial charge in [0.05, 0.1) is 29.4 Å². The molecular weight excluding hydrogens is 393 g/mol. The van der Waals surface area contributed by atoms with Crippen LogP contribution in [0.3, 0.4) is 0 Å². The van der Waals surface area contributed by atoms with Gasteiger partial charge in [0.1, 0.15) is 11.4 Å². The number of nitrogens with zero attached hydrogens (tertiary/aromatic N) is 2. The summed E-state index contributed by atoms with van der Waals surface area (Å²) >= 11 is 1.53. The van der Waals surface area contributed by atoms with Crippen LogP contribution in [0.15, 0.2) is 34.1 Å². The standard InChI is InChI=1S/C21H30FN3O3S/c1-6-13-27-14-18-19(29-17-9-7-16(22)8-10-17)15(2)24-25(18)12-11-23-20(26)28-21(3,4)5/h7-10H,6,11-14H2,1-5H3,(H,23,26). The van der Waals surface area contributed by atoms with Gasteiger partial charge in [0.25, 0.3) is 0 Å². The van der Waals surface area contributed by atoms with Gasteiger partial charge in [0, 0.05) is 18.0 Å². The molecule has 160 valence electrons. The number of ether oxygens (including phenoxy) is 2. The number of amides is 1. The molecule has 1 heterocycles. The van der Waals surface area contributed by atoms with E-state index < -0.39 is 11.7 Å². The first-order valence-corrected chi connectivity index (χ1v) is 10.6. The molecule has 0 saturated carbocycles. The fraction of sp³-hybridized carbons (Fsp3) is 0.524. The number of carbonyl (C=O) groups is 1. The van der Waals surface area contributed by atoms with E-state index in [-0.39, 0.29) is 5.82 Å². The molecule has 1 N–H and O–H groups in total. The first-order chi connectivity index (χ1) is 13.7. The maximum Gasteiger partial charge on any atom is 0.407 e. The van der Waals surface area contributed by atoms with E-state index in [9.17, 15) is 9.18 Å². The number of halogens is 1. The summed E-state index contributed by atoms with van der Waals surface area (Å²) in [4.78, 5) is 13.8. The number of alkyl carbamates (subject to hydrolysis) is 1. The van der Waals surface area contributed by atoms with Crippen LogP contribution in [-0.2, 0) is 22.6 Å². The second kappa shape index (κ2) is 10.6. The summed E-state index contributed by atoms with van der Waals surface area (Å²) in [6.07, 6.45) is 0.472. The van der Waals surface area contributed by atoms with Crippen molar-refractivity contribution in [1.82, 2.24) is 15.1 Å². The number of hydrogen-bond acceptors (Lipinski definition) is 5. The van der Waals surface area contributed by atoms with Crippen molar-refractivity contribution in [2.24, 2.45) is 0 Å². The zero-order chi connectivity index (χ0) is 21.4. The van der Waals surface area contributed by atoms with Gasteiger partial charge in [-0.1, -0.05) is 18.7 Å². The molecule has 2 rings (SSSR count). The Labute approximate surface area is 176 Å². The molecule has 0 bridgehead atoms. The number of aryl methyl sites for hydroxylation is 1. The Kier molecular flexibility index (Phi) is 8.52. The molecule has 2 aromatic rings. The van der Waals surface area contributed by atoms with Crippen LogP contribution in [0.2, 0.25) is 0 Å². The van der Waals surface area contributed by atoms with E-state index in [1.54, 1.807) is 12.1 Å². The summed E-state index contributed by atoms with van der Waals surface area (Å²) in [7, 11) is 0. The number of rotatable bonds is 9. The average molecular weight is 424 g/mol. The minimum Gasteiger partial charge on any atom is -0.444 e. The number of nitrogens with one attached hydrogen (secondary N) is 1. The highest BCUT2D eigenvalue weighted by Gasteiger charge is 2.18. The predicted molar refractivity (Wildman–Crippen MR) is 112 cm³/mol. The lowest BCUT2D eigenvalue weighted by molar-refractivity contribution is 0.0525. The minimum absolute atomic E-state index is 0.263. The van der Waals surface area contributed by atoms with Crippen LogP contribution in [0, 0.1) is 12.7 Å². The molecule has 8 heteroatoms. The summed E-state index contributed by atoms with van der Waals surface area (Å²) in [5, 5.41) is 7.38. The topological polar surface area (TPSA) is 65.4 Å². The molecule has 0 unspecified atom stereocenters. The Morgan fingerprint density at radius 1 is 1.28 bits per heavy atom. The monoisotopic (exact) mass is 423 g/mol. The highest BCUT2D eigenvalue weighted by molar-refractivity contribution is 7.99. The number of aromatic nitrogens is 2. The summed E-state index contributed by atoms with van der Waals surface area (Å²) in [6, 6.07) is 6.38. The fourth-order valence-corrected chi connectivity index (χ4v) is 3.56. The summed E-state index contributed by atoms with van der Waals surface area (Å²) in [6.45, 7) is 11.4. The Balaban J connectivity index is 2.11. The number of benzene rings is 1. The zero-order valence-corrected chi connectivity index (χ0v) is 18.6. The molecule has 1 amide bonds. The van der Waals surface area contributed by atoms with E-state index in [2.05, 4.69) is 17.3 Å². The predicted octanol–water partition coefficient (Wildman–Crippen LogP) is 4.93. The molecule has 6 nitrogen and oxygen atoms in total. The molecule has 0 radical (unpaired) electrons. The lowest BCUT2D eigenvalue weighted by Gasteiger charge is -2.19. The molecule has 29 heavy (non-hydrogen) atoms. The van der Waals surface area contributed by atoms with Crippen molar-refractivity contribution in [3.05, 3.63) is 41.5 Å². The van der Waals surface area contributed by atoms with Crippen molar-refractivity contribution >= 4 is 17.9 Å². The quantitative estimate of drug-likeness (QED) is 0.579. The van der Waals surface area contributed by atoms with E-state index in [1.165, 1.54) is 23.9 Å². The summed E-state index contributed by atoms with van der Waals surface area (Å²) in [5.41, 5.74) is 1.27. The third kappa shape index (κ3) is 7.70. The van der Waals surface area contributed by atoms with Gasteiger partial charge in [-0.05, 0) is 58.4 Å². The van der Waals surface area contributed by atoms with E-state index in [1.807, 2.05) is 32.4 Å². The Hall–Kier alpha value is -2.06. The molecule has 1 aromatic carbocycles. The van der Waals surface area contributed by atoms with Gasteiger partial charge >= 0.3 is 6.09 Å². The van der Waals surface area contributed by atoms with Gasteiger partial charge < -0.3 is 14.8 Å². The van der Waals surface area contributed by atoms with Crippen LogP contribution in [0.25, 0.3) is 0 Å². The van der Waals surface area contributed by atoms with Crippen LogP contribution < -0.4 is 5.32 Å². The van der Waals surface area contributed by atoms with E-state index in [0.29, 0.717) is 26.3 Å². The molecular formula is C21H30FN3O3S. The van der Waals surface area contributed by atoms with Gasteiger partial charge in [-0.2, -0.15) is 5.10 Å². The first kappa shape index (κ1) is 23.2. The molecule has 0 atom stereocenters. The van der Waals surface area contributed by atoms with Crippen LogP contribution in [-0.4, -0.2) is 34.6 Å². The van der Waals surface area contributed by atoms with Crippen LogP contribution in [0.1, 0.15) is 45.5 Å². The number of carbonyl (C=O) groups excluding carboxylic acids is 1. The number of hydrogen-bond donors (Lipinski definition) is 1.